The van der Waals surface area contributed by atoms with E-state index in [1.165, 1.54) is 28.1 Å². The van der Waals surface area contributed by atoms with E-state index >= 15 is 0 Å². The van der Waals surface area contributed by atoms with Crippen LogP contribution in [0.5, 0.6) is 0 Å². The highest BCUT2D eigenvalue weighted by atomic mass is 15.1. The molecule has 1 heteroatoms. The van der Waals surface area contributed by atoms with E-state index in [9.17, 15) is 0 Å². The summed E-state index contributed by atoms with van der Waals surface area (Å²) >= 11 is 0. The van der Waals surface area contributed by atoms with E-state index in [0.717, 1.165) is 6.54 Å². The first-order valence-corrected chi connectivity index (χ1v) is 7.67. The van der Waals surface area contributed by atoms with E-state index in [0.29, 0.717) is 0 Å². The Hall–Kier alpha value is -2.54. The summed E-state index contributed by atoms with van der Waals surface area (Å²) in [6.07, 6.45) is 0. The van der Waals surface area contributed by atoms with E-state index in [1.807, 2.05) is 0 Å². The average molecular weight is 287 g/mol. The molecule has 0 atom stereocenters. The fourth-order valence-electron chi connectivity index (χ4n) is 2.54. The summed E-state index contributed by atoms with van der Waals surface area (Å²) in [7, 11) is 0. The summed E-state index contributed by atoms with van der Waals surface area (Å²) < 4.78 is 0. The van der Waals surface area contributed by atoms with Gasteiger partial charge in [0.25, 0.3) is 0 Å². The van der Waals surface area contributed by atoms with Crippen LogP contribution in [0.4, 0.5) is 11.4 Å². The second kappa shape index (κ2) is 6.48. The molecule has 0 N–H and O–H groups in total. The lowest BCUT2D eigenvalue weighted by molar-refractivity contribution is 0.974. The maximum Gasteiger partial charge on any atom is 0.0481 e. The van der Waals surface area contributed by atoms with Crippen LogP contribution in [-0.4, -0.2) is 0 Å². The molecule has 1 nitrogen and oxygen atoms in total. The molecule has 0 heterocycles. The zero-order valence-electron chi connectivity index (χ0n) is 13.2. The molecule has 3 aromatic rings. The zero-order chi connectivity index (χ0) is 15.4. The molecule has 3 rings (SSSR count). The van der Waals surface area contributed by atoms with Gasteiger partial charge in [0.15, 0.2) is 0 Å². The lowest BCUT2D eigenvalue weighted by atomic mass is 10.1. The zero-order valence-corrected chi connectivity index (χ0v) is 13.2. The quantitative estimate of drug-likeness (QED) is 0.600. The van der Waals surface area contributed by atoms with Crippen molar-refractivity contribution in [3.8, 4) is 0 Å². The van der Waals surface area contributed by atoms with Crippen LogP contribution in [0.25, 0.3) is 0 Å². The third-order valence-electron chi connectivity index (χ3n) is 3.87. The monoisotopic (exact) mass is 287 g/mol. The van der Waals surface area contributed by atoms with Gasteiger partial charge in [-0.3, -0.25) is 0 Å². The Kier molecular flexibility index (Phi) is 4.24. The number of anilines is 2. The van der Waals surface area contributed by atoms with Crippen molar-refractivity contribution in [2.45, 2.75) is 20.4 Å². The molecule has 0 aliphatic rings. The third-order valence-corrected chi connectivity index (χ3v) is 3.87. The highest BCUT2D eigenvalue weighted by Gasteiger charge is 2.09. The number of benzene rings is 3. The Bertz CT molecular complexity index is 712. The highest BCUT2D eigenvalue weighted by molar-refractivity contribution is 5.63. The van der Waals surface area contributed by atoms with Crippen LogP contribution >= 0.6 is 0 Å². The predicted molar refractivity (Wildman–Crippen MR) is 94.6 cm³/mol. The van der Waals surface area contributed by atoms with Gasteiger partial charge in [0, 0.05) is 17.9 Å². The van der Waals surface area contributed by atoms with Crippen molar-refractivity contribution in [1.29, 1.82) is 0 Å². The summed E-state index contributed by atoms with van der Waals surface area (Å²) in [4.78, 5) is 2.35. The molecule has 0 spiro atoms. The molecule has 0 unspecified atom stereocenters. The number of aryl methyl sites for hydroxylation is 2. The fourth-order valence-corrected chi connectivity index (χ4v) is 2.54. The van der Waals surface area contributed by atoms with Crippen molar-refractivity contribution >= 4 is 11.4 Å². The lowest BCUT2D eigenvalue weighted by Gasteiger charge is -2.25. The molecule has 110 valence electrons. The minimum Gasteiger partial charge on any atom is -0.337 e. The molecule has 0 aliphatic heterocycles. The van der Waals surface area contributed by atoms with Gasteiger partial charge in [-0.15, -0.1) is 0 Å². The van der Waals surface area contributed by atoms with E-state index < -0.39 is 0 Å². The summed E-state index contributed by atoms with van der Waals surface area (Å²) in [5.41, 5.74) is 6.33. The van der Waals surface area contributed by atoms with Gasteiger partial charge in [-0.2, -0.15) is 0 Å². The lowest BCUT2D eigenvalue weighted by Crippen LogP contribution is -2.16. The number of nitrogens with zero attached hydrogens (tertiary/aromatic N) is 1. The minimum atomic E-state index is 0.868. The first-order valence-electron chi connectivity index (χ1n) is 7.67. The molecule has 0 bridgehead atoms. The van der Waals surface area contributed by atoms with Crippen molar-refractivity contribution < 1.29 is 0 Å². The van der Waals surface area contributed by atoms with Crippen molar-refractivity contribution in [3.05, 3.63) is 95.6 Å². The number of hydrogen-bond acceptors (Lipinski definition) is 1. The number of para-hydroxylation sites is 1. The predicted octanol–water partition coefficient (Wildman–Crippen LogP) is 5.64. The van der Waals surface area contributed by atoms with Crippen molar-refractivity contribution in [1.82, 2.24) is 0 Å². The van der Waals surface area contributed by atoms with Crippen LogP contribution in [-0.2, 0) is 6.54 Å². The molecular weight excluding hydrogens is 266 g/mol. The Labute approximate surface area is 132 Å². The van der Waals surface area contributed by atoms with Gasteiger partial charge in [0.05, 0.1) is 0 Å². The Balaban J connectivity index is 1.96. The first kappa shape index (κ1) is 14.4. The largest absolute Gasteiger partial charge is 0.337 e. The number of rotatable bonds is 4. The Morgan fingerprint density at radius 2 is 1.09 bits per heavy atom. The smallest absolute Gasteiger partial charge is 0.0481 e. The molecular formula is C21H21N. The van der Waals surface area contributed by atoms with Crippen molar-refractivity contribution in [3.63, 3.8) is 0 Å². The fraction of sp³-hybridized carbons (Fsp3) is 0.143. The average Bonchev–Trinajstić information content (AvgIpc) is 2.56. The van der Waals surface area contributed by atoms with Crippen LogP contribution in [0, 0.1) is 13.8 Å². The second-order valence-corrected chi connectivity index (χ2v) is 5.74. The Morgan fingerprint density at radius 3 is 1.68 bits per heavy atom. The molecule has 0 radical (unpaired) electrons. The maximum atomic E-state index is 2.35. The van der Waals surface area contributed by atoms with Crippen molar-refractivity contribution in [2.24, 2.45) is 0 Å². The van der Waals surface area contributed by atoms with Crippen LogP contribution in [0.1, 0.15) is 16.7 Å². The summed E-state index contributed by atoms with van der Waals surface area (Å²) in [6.45, 7) is 5.11. The standard InChI is InChI=1S/C21H21N/c1-17-8-12-19(13-9-17)16-22(20-6-4-3-5-7-20)21-14-10-18(2)11-15-21/h3-15H,16H2,1-2H3. The van der Waals surface area contributed by atoms with Crippen molar-refractivity contribution in [2.75, 3.05) is 4.90 Å². The molecule has 3 aromatic carbocycles. The van der Waals surface area contributed by atoms with Gasteiger partial charge in [0.2, 0.25) is 0 Å². The van der Waals surface area contributed by atoms with Gasteiger partial charge in [0.1, 0.15) is 0 Å². The Morgan fingerprint density at radius 1 is 0.591 bits per heavy atom. The van der Waals surface area contributed by atoms with E-state index in [4.69, 9.17) is 0 Å². The van der Waals surface area contributed by atoms with Gasteiger partial charge in [-0.1, -0.05) is 65.7 Å². The normalized spacial score (nSPS) is 10.5. The first-order chi connectivity index (χ1) is 10.7. The van der Waals surface area contributed by atoms with Gasteiger partial charge < -0.3 is 4.90 Å². The molecule has 0 aliphatic carbocycles. The molecule has 0 saturated heterocycles. The third kappa shape index (κ3) is 3.37. The molecule has 22 heavy (non-hydrogen) atoms. The van der Waals surface area contributed by atoms with E-state index in [-0.39, 0.29) is 0 Å². The second-order valence-electron chi connectivity index (χ2n) is 5.74. The molecule has 0 amide bonds. The summed E-state index contributed by atoms with van der Waals surface area (Å²) in [6, 6.07) is 28.0. The van der Waals surface area contributed by atoms with E-state index in [1.54, 1.807) is 0 Å². The highest BCUT2D eigenvalue weighted by Crippen LogP contribution is 2.27. The van der Waals surface area contributed by atoms with E-state index in [2.05, 4.69) is 97.6 Å². The number of hydrogen-bond donors (Lipinski definition) is 0. The van der Waals surface area contributed by atoms with Crippen LogP contribution in [0.15, 0.2) is 78.9 Å². The van der Waals surface area contributed by atoms with Gasteiger partial charge in [-0.05, 0) is 43.7 Å². The topological polar surface area (TPSA) is 3.24 Å². The maximum absolute atomic E-state index is 2.35. The molecule has 0 aromatic heterocycles. The van der Waals surface area contributed by atoms with Crippen LogP contribution in [0.3, 0.4) is 0 Å². The summed E-state index contributed by atoms with van der Waals surface area (Å²) in [5.74, 6) is 0. The van der Waals surface area contributed by atoms with Crippen LogP contribution in [0.2, 0.25) is 0 Å². The van der Waals surface area contributed by atoms with Crippen LogP contribution < -0.4 is 4.90 Å². The van der Waals surface area contributed by atoms with Gasteiger partial charge >= 0.3 is 0 Å². The van der Waals surface area contributed by atoms with Gasteiger partial charge in [-0.25, -0.2) is 0 Å². The minimum absolute atomic E-state index is 0.868. The molecule has 0 saturated carbocycles. The summed E-state index contributed by atoms with van der Waals surface area (Å²) in [5, 5.41) is 0. The molecule has 0 fully saturated rings. The SMILES string of the molecule is Cc1ccc(CN(c2ccccc2)c2ccc(C)cc2)cc1.